The van der Waals surface area contributed by atoms with Gasteiger partial charge < -0.3 is 10.1 Å². The van der Waals surface area contributed by atoms with Gasteiger partial charge in [0.1, 0.15) is 18.9 Å². The van der Waals surface area contributed by atoms with Crippen molar-refractivity contribution in [3.8, 4) is 5.75 Å². The number of nitrogens with two attached hydrogens (primary N) is 1. The van der Waals surface area contributed by atoms with E-state index in [0.29, 0.717) is 6.61 Å². The first-order valence-electron chi connectivity index (χ1n) is 7.04. The first kappa shape index (κ1) is 13.2. The number of benzene rings is 1. The molecule has 1 fully saturated rings. The molecule has 0 spiro atoms. The van der Waals surface area contributed by atoms with Crippen LogP contribution >= 0.6 is 0 Å². The zero-order valence-electron chi connectivity index (χ0n) is 11.1. The van der Waals surface area contributed by atoms with Crippen LogP contribution in [0.4, 0.5) is 0 Å². The predicted molar refractivity (Wildman–Crippen MR) is 74.6 cm³/mol. The van der Waals surface area contributed by atoms with E-state index in [1.54, 1.807) is 6.08 Å². The molecule has 0 saturated heterocycles. The summed E-state index contributed by atoms with van der Waals surface area (Å²) in [7, 11) is 0. The molecular formula is C16H24NO+. The van der Waals surface area contributed by atoms with E-state index in [-0.39, 0.29) is 0 Å². The molecule has 0 atom stereocenters. The Bertz CT molecular complexity index is 369. The highest BCUT2D eigenvalue weighted by Crippen LogP contribution is 2.15. The summed E-state index contributed by atoms with van der Waals surface area (Å²) < 4.78 is 5.56. The van der Waals surface area contributed by atoms with E-state index >= 15 is 0 Å². The Balaban J connectivity index is 1.82. The van der Waals surface area contributed by atoms with Crippen LogP contribution in [0.3, 0.4) is 0 Å². The summed E-state index contributed by atoms with van der Waals surface area (Å²) >= 11 is 0. The lowest BCUT2D eigenvalue weighted by molar-refractivity contribution is -0.706. The van der Waals surface area contributed by atoms with E-state index in [1.807, 2.05) is 6.07 Å². The van der Waals surface area contributed by atoms with Gasteiger partial charge in [0, 0.05) is 5.56 Å². The molecule has 18 heavy (non-hydrogen) atoms. The van der Waals surface area contributed by atoms with E-state index in [9.17, 15) is 0 Å². The van der Waals surface area contributed by atoms with Crippen LogP contribution in [-0.4, -0.2) is 12.6 Å². The molecule has 2 rings (SSSR count). The van der Waals surface area contributed by atoms with Crippen molar-refractivity contribution in [2.24, 2.45) is 0 Å². The highest BCUT2D eigenvalue weighted by molar-refractivity contribution is 5.28. The minimum Gasteiger partial charge on any atom is -0.490 e. The van der Waals surface area contributed by atoms with Gasteiger partial charge in [0.25, 0.3) is 0 Å². The Labute approximate surface area is 110 Å². The van der Waals surface area contributed by atoms with E-state index < -0.39 is 0 Å². The normalized spacial score (nSPS) is 16.4. The van der Waals surface area contributed by atoms with Gasteiger partial charge >= 0.3 is 0 Å². The van der Waals surface area contributed by atoms with Gasteiger partial charge in [-0.05, 0) is 37.8 Å². The lowest BCUT2D eigenvalue weighted by atomic mass is 9.95. The fraction of sp³-hybridized carbons (Fsp3) is 0.500. The highest BCUT2D eigenvalue weighted by Gasteiger charge is 2.15. The van der Waals surface area contributed by atoms with Gasteiger partial charge in [0.15, 0.2) is 0 Å². The maximum absolute atomic E-state index is 5.56. The molecule has 0 aromatic heterocycles. The van der Waals surface area contributed by atoms with Crippen LogP contribution in [-0.2, 0) is 6.54 Å². The molecule has 0 bridgehead atoms. The largest absolute Gasteiger partial charge is 0.490 e. The average molecular weight is 246 g/mol. The third-order valence-corrected chi connectivity index (χ3v) is 3.60. The van der Waals surface area contributed by atoms with E-state index in [2.05, 4.69) is 30.1 Å². The Hall–Kier alpha value is -1.28. The fourth-order valence-corrected chi connectivity index (χ4v) is 2.59. The molecular weight excluding hydrogens is 222 g/mol. The van der Waals surface area contributed by atoms with Gasteiger partial charge in [-0.15, -0.1) is 0 Å². The lowest BCUT2D eigenvalue weighted by Crippen LogP contribution is -2.88. The van der Waals surface area contributed by atoms with Gasteiger partial charge in [0.2, 0.25) is 0 Å². The van der Waals surface area contributed by atoms with Crippen LogP contribution < -0.4 is 10.1 Å². The fourth-order valence-electron chi connectivity index (χ4n) is 2.59. The second-order valence-corrected chi connectivity index (χ2v) is 5.09. The summed E-state index contributed by atoms with van der Waals surface area (Å²) in [5, 5.41) is 2.49. The molecule has 0 radical (unpaired) electrons. The first-order valence-corrected chi connectivity index (χ1v) is 7.04. The van der Waals surface area contributed by atoms with Crippen molar-refractivity contribution in [2.75, 3.05) is 6.61 Å². The summed E-state index contributed by atoms with van der Waals surface area (Å²) in [4.78, 5) is 0. The van der Waals surface area contributed by atoms with Crippen LogP contribution in [0.5, 0.6) is 5.75 Å². The quantitative estimate of drug-likeness (QED) is 0.767. The van der Waals surface area contributed by atoms with Gasteiger partial charge in [-0.2, -0.15) is 0 Å². The molecule has 1 saturated carbocycles. The van der Waals surface area contributed by atoms with E-state index in [4.69, 9.17) is 4.74 Å². The topological polar surface area (TPSA) is 25.8 Å². The smallest absolute Gasteiger partial charge is 0.120 e. The maximum atomic E-state index is 5.56. The molecule has 1 aliphatic rings. The molecule has 0 heterocycles. The summed E-state index contributed by atoms with van der Waals surface area (Å²) in [6.07, 6.45) is 8.78. The SMILES string of the molecule is C=CCOc1cccc(C[NH2+]C2CCCCC2)c1. The van der Waals surface area contributed by atoms with Gasteiger partial charge in [-0.1, -0.05) is 31.2 Å². The Morgan fingerprint density at radius 3 is 2.89 bits per heavy atom. The number of hydrogen-bond acceptors (Lipinski definition) is 1. The first-order chi connectivity index (χ1) is 8.88. The van der Waals surface area contributed by atoms with Gasteiger partial charge in [0.05, 0.1) is 6.04 Å². The summed E-state index contributed by atoms with van der Waals surface area (Å²) in [5.41, 5.74) is 1.35. The molecule has 0 unspecified atom stereocenters. The minimum atomic E-state index is 0.579. The van der Waals surface area contributed by atoms with Crippen molar-refractivity contribution in [1.29, 1.82) is 0 Å². The van der Waals surface area contributed by atoms with Crippen molar-refractivity contribution in [3.05, 3.63) is 42.5 Å². The molecule has 1 aliphatic carbocycles. The zero-order valence-corrected chi connectivity index (χ0v) is 11.1. The van der Waals surface area contributed by atoms with E-state index in [0.717, 1.165) is 18.3 Å². The third-order valence-electron chi connectivity index (χ3n) is 3.60. The highest BCUT2D eigenvalue weighted by atomic mass is 16.5. The van der Waals surface area contributed by atoms with Gasteiger partial charge in [-0.3, -0.25) is 0 Å². The number of ether oxygens (including phenoxy) is 1. The van der Waals surface area contributed by atoms with Crippen LogP contribution in [0, 0.1) is 0 Å². The number of rotatable bonds is 6. The van der Waals surface area contributed by atoms with Crippen molar-refractivity contribution in [2.45, 2.75) is 44.7 Å². The van der Waals surface area contributed by atoms with Crippen molar-refractivity contribution >= 4 is 0 Å². The van der Waals surface area contributed by atoms with Crippen LogP contribution in [0.1, 0.15) is 37.7 Å². The lowest BCUT2D eigenvalue weighted by Gasteiger charge is -2.19. The summed E-state index contributed by atoms with van der Waals surface area (Å²) in [6, 6.07) is 9.23. The number of hydrogen-bond donors (Lipinski definition) is 1. The zero-order chi connectivity index (χ0) is 12.6. The van der Waals surface area contributed by atoms with Crippen molar-refractivity contribution in [1.82, 2.24) is 0 Å². The number of quaternary nitrogens is 1. The molecule has 0 amide bonds. The maximum Gasteiger partial charge on any atom is 0.120 e. The van der Waals surface area contributed by atoms with Crippen LogP contribution in [0.2, 0.25) is 0 Å². The molecule has 1 aromatic carbocycles. The molecule has 1 aromatic rings. The monoisotopic (exact) mass is 246 g/mol. The average Bonchev–Trinajstić information content (AvgIpc) is 2.44. The summed E-state index contributed by atoms with van der Waals surface area (Å²) in [6.45, 7) is 5.31. The Kier molecular flexibility index (Phi) is 5.28. The van der Waals surface area contributed by atoms with Crippen molar-refractivity contribution in [3.63, 3.8) is 0 Å². The standard InChI is InChI=1S/C16H23NO/c1-2-11-18-16-10-6-7-14(12-16)13-17-15-8-4-3-5-9-15/h2,6-7,10,12,15,17H,1,3-5,8-9,11,13H2/p+1. The predicted octanol–water partition coefficient (Wildman–Crippen LogP) is 2.65. The van der Waals surface area contributed by atoms with Gasteiger partial charge in [-0.25, -0.2) is 0 Å². The minimum absolute atomic E-state index is 0.579. The molecule has 2 nitrogen and oxygen atoms in total. The molecule has 0 aliphatic heterocycles. The second kappa shape index (κ2) is 7.22. The molecule has 98 valence electrons. The van der Waals surface area contributed by atoms with Crippen LogP contribution in [0.15, 0.2) is 36.9 Å². The third kappa shape index (κ3) is 4.19. The molecule has 2 N–H and O–H groups in total. The Morgan fingerprint density at radius 1 is 1.28 bits per heavy atom. The van der Waals surface area contributed by atoms with Crippen molar-refractivity contribution < 1.29 is 10.1 Å². The molecule has 2 heteroatoms. The van der Waals surface area contributed by atoms with E-state index in [1.165, 1.54) is 37.7 Å². The second-order valence-electron chi connectivity index (χ2n) is 5.09. The van der Waals surface area contributed by atoms with Crippen LogP contribution in [0.25, 0.3) is 0 Å². The Morgan fingerprint density at radius 2 is 2.11 bits per heavy atom. The summed E-state index contributed by atoms with van der Waals surface area (Å²) in [5.74, 6) is 0.949.